The zero-order chi connectivity index (χ0) is 9.97. The molecule has 68 valence electrons. The largest absolute Gasteiger partial charge is 0.294 e. The Morgan fingerprint density at radius 3 is 2.93 bits per heavy atom. The Morgan fingerprint density at radius 1 is 1.29 bits per heavy atom. The molecule has 0 aliphatic rings. The lowest BCUT2D eigenvalue weighted by Gasteiger charge is -1.97. The number of hydrogen-bond donors (Lipinski definition) is 0. The minimum Gasteiger partial charge on any atom is -0.294 e. The highest BCUT2D eigenvalue weighted by Crippen LogP contribution is 2.12. The first-order valence-electron chi connectivity index (χ1n) is 4.15. The molecule has 1 heterocycles. The zero-order valence-corrected chi connectivity index (χ0v) is 7.31. The Hall–Kier alpha value is -2.03. The number of aromatic nitrogens is 1. The number of nitrogens with zero attached hydrogens (tertiary/aromatic N) is 1. The molecule has 0 unspecified atom stereocenters. The van der Waals surface area contributed by atoms with Crippen LogP contribution in [0.1, 0.15) is 10.4 Å². The predicted octanol–water partition coefficient (Wildman–Crippen LogP) is 1.62. The molecule has 1 aromatic carbocycles. The Labute approximate surface area is 80.4 Å². The summed E-state index contributed by atoms with van der Waals surface area (Å²) >= 11 is 0. The van der Waals surface area contributed by atoms with E-state index in [0.717, 1.165) is 10.9 Å². The first-order chi connectivity index (χ1) is 6.81. The summed E-state index contributed by atoms with van der Waals surface area (Å²) in [5.41, 5.74) is 1.10. The predicted molar refractivity (Wildman–Crippen MR) is 52.1 cm³/mol. The normalized spacial score (nSPS) is 10.0. The molecule has 0 fully saturated rings. The van der Waals surface area contributed by atoms with Crippen molar-refractivity contribution in [1.82, 2.24) is 4.98 Å². The first kappa shape index (κ1) is 8.56. The van der Waals surface area contributed by atoms with Gasteiger partial charge in [-0.2, -0.15) is 0 Å². The lowest BCUT2D eigenvalue weighted by Crippen LogP contribution is -1.99. The highest BCUT2D eigenvalue weighted by Gasteiger charge is 2.04. The maximum Gasteiger partial charge on any atom is 0.225 e. The molecule has 0 aliphatic heterocycles. The fourth-order valence-electron chi connectivity index (χ4n) is 1.29. The average molecular weight is 185 g/mol. The molecule has 14 heavy (non-hydrogen) atoms. The molecule has 3 heteroatoms. The molecule has 0 radical (unpaired) electrons. The van der Waals surface area contributed by atoms with E-state index in [9.17, 15) is 9.59 Å². The highest BCUT2D eigenvalue weighted by atomic mass is 16.2. The quantitative estimate of drug-likeness (QED) is 0.405. The van der Waals surface area contributed by atoms with Gasteiger partial charge in [0, 0.05) is 17.1 Å². The third-order valence-electron chi connectivity index (χ3n) is 2.00. The van der Waals surface area contributed by atoms with Crippen LogP contribution >= 0.6 is 0 Å². The number of aldehydes is 1. The van der Waals surface area contributed by atoms with E-state index >= 15 is 0 Å². The average Bonchev–Trinajstić information content (AvgIpc) is 2.27. The van der Waals surface area contributed by atoms with Crippen LogP contribution in [-0.4, -0.2) is 17.1 Å². The van der Waals surface area contributed by atoms with Crippen molar-refractivity contribution in [3.8, 4) is 0 Å². The smallest absolute Gasteiger partial charge is 0.225 e. The lowest BCUT2D eigenvalue weighted by atomic mass is 10.1. The summed E-state index contributed by atoms with van der Waals surface area (Å²) in [7, 11) is 0. The molecule has 0 saturated carbocycles. The summed E-state index contributed by atoms with van der Waals surface area (Å²) in [6.45, 7) is 0. The fraction of sp³-hybridized carbons (Fsp3) is 0. The molecule has 2 aromatic rings. The number of ketones is 1. The molecule has 0 atom stereocenters. The Kier molecular flexibility index (Phi) is 2.07. The number of carbonyl (C=O) groups is 2. The number of pyridine rings is 1. The molecule has 3 nitrogen and oxygen atoms in total. The SMILES string of the molecule is O=CC(=O)c1ccc2cccnc2c1. The topological polar surface area (TPSA) is 47.0 Å². The molecule has 0 N–H and O–H groups in total. The first-order valence-corrected chi connectivity index (χ1v) is 4.15. The number of fused-ring (bicyclic) bond motifs is 1. The summed E-state index contributed by atoms with van der Waals surface area (Å²) in [6, 6.07) is 8.74. The van der Waals surface area contributed by atoms with E-state index in [-0.39, 0.29) is 0 Å². The summed E-state index contributed by atoms with van der Waals surface area (Å²) in [6.07, 6.45) is 1.96. The highest BCUT2D eigenvalue weighted by molar-refractivity contribution is 6.33. The van der Waals surface area contributed by atoms with Crippen molar-refractivity contribution < 1.29 is 9.59 Å². The van der Waals surface area contributed by atoms with Crippen molar-refractivity contribution >= 4 is 23.0 Å². The van der Waals surface area contributed by atoms with Crippen LogP contribution in [0.3, 0.4) is 0 Å². The summed E-state index contributed by atoms with van der Waals surface area (Å²) in [5.74, 6) is -0.516. The fourth-order valence-corrected chi connectivity index (χ4v) is 1.29. The summed E-state index contributed by atoms with van der Waals surface area (Å²) < 4.78 is 0. The minimum absolute atomic E-state index is 0.310. The van der Waals surface area contributed by atoms with Gasteiger partial charge in [0.1, 0.15) is 0 Å². The Bertz CT molecular complexity index is 505. The second-order valence-corrected chi connectivity index (χ2v) is 2.89. The van der Waals surface area contributed by atoms with Gasteiger partial charge in [-0.1, -0.05) is 18.2 Å². The molecular weight excluding hydrogens is 178 g/mol. The second-order valence-electron chi connectivity index (χ2n) is 2.89. The van der Waals surface area contributed by atoms with Crippen LogP contribution in [0, 0.1) is 0 Å². The van der Waals surface area contributed by atoms with Crippen molar-refractivity contribution in [2.45, 2.75) is 0 Å². The van der Waals surface area contributed by atoms with Crippen LogP contribution < -0.4 is 0 Å². The molecule has 0 spiro atoms. The number of hydrogen-bond acceptors (Lipinski definition) is 3. The van der Waals surface area contributed by atoms with Gasteiger partial charge < -0.3 is 0 Å². The minimum atomic E-state index is -0.516. The molecule has 0 saturated heterocycles. The van der Waals surface area contributed by atoms with E-state index in [1.807, 2.05) is 12.1 Å². The monoisotopic (exact) mass is 185 g/mol. The van der Waals surface area contributed by atoms with Gasteiger partial charge in [-0.3, -0.25) is 14.6 Å². The maximum absolute atomic E-state index is 11.1. The van der Waals surface area contributed by atoms with Gasteiger partial charge in [-0.15, -0.1) is 0 Å². The van der Waals surface area contributed by atoms with Gasteiger partial charge in [0.05, 0.1) is 5.52 Å². The van der Waals surface area contributed by atoms with E-state index < -0.39 is 5.78 Å². The number of carbonyl (C=O) groups excluding carboxylic acids is 2. The molecule has 2 rings (SSSR count). The number of Topliss-reactive ketones (excluding diaryl/α,β-unsaturated/α-hetero) is 1. The van der Waals surface area contributed by atoms with Crippen molar-refractivity contribution in [2.75, 3.05) is 0 Å². The molecule has 1 aromatic heterocycles. The maximum atomic E-state index is 11.1. The van der Waals surface area contributed by atoms with Gasteiger partial charge in [-0.05, 0) is 12.1 Å². The van der Waals surface area contributed by atoms with Crippen molar-refractivity contribution in [2.24, 2.45) is 0 Å². The second kappa shape index (κ2) is 3.38. The van der Waals surface area contributed by atoms with Gasteiger partial charge >= 0.3 is 0 Å². The summed E-state index contributed by atoms with van der Waals surface area (Å²) in [5, 5.41) is 0.954. The number of benzene rings is 1. The standard InChI is InChI=1S/C11H7NO2/c13-7-11(14)9-4-3-8-2-1-5-12-10(8)6-9/h1-7H. The van der Waals surface area contributed by atoms with E-state index in [0.29, 0.717) is 11.8 Å². The Morgan fingerprint density at radius 2 is 2.14 bits per heavy atom. The van der Waals surface area contributed by atoms with Crippen LogP contribution in [0.25, 0.3) is 10.9 Å². The van der Waals surface area contributed by atoms with Crippen LogP contribution in [0.5, 0.6) is 0 Å². The van der Waals surface area contributed by atoms with Crippen molar-refractivity contribution in [3.05, 3.63) is 42.1 Å². The molecule has 0 bridgehead atoms. The molecule has 0 aliphatic carbocycles. The van der Waals surface area contributed by atoms with Crippen LogP contribution in [0.2, 0.25) is 0 Å². The molecular formula is C11H7NO2. The van der Waals surface area contributed by atoms with E-state index in [4.69, 9.17) is 0 Å². The van der Waals surface area contributed by atoms with Gasteiger partial charge in [0.2, 0.25) is 5.78 Å². The Balaban J connectivity index is 2.62. The van der Waals surface area contributed by atoms with E-state index in [1.165, 1.54) is 0 Å². The van der Waals surface area contributed by atoms with Gasteiger partial charge in [0.25, 0.3) is 0 Å². The van der Waals surface area contributed by atoms with Crippen LogP contribution in [0.4, 0.5) is 0 Å². The van der Waals surface area contributed by atoms with E-state index in [1.54, 1.807) is 24.4 Å². The van der Waals surface area contributed by atoms with Gasteiger partial charge in [0.15, 0.2) is 6.29 Å². The van der Waals surface area contributed by atoms with Crippen LogP contribution in [0.15, 0.2) is 36.5 Å². The number of rotatable bonds is 2. The van der Waals surface area contributed by atoms with E-state index in [2.05, 4.69) is 4.98 Å². The van der Waals surface area contributed by atoms with Crippen molar-refractivity contribution in [3.63, 3.8) is 0 Å². The van der Waals surface area contributed by atoms with Gasteiger partial charge in [-0.25, -0.2) is 0 Å². The van der Waals surface area contributed by atoms with Crippen molar-refractivity contribution in [1.29, 1.82) is 0 Å². The van der Waals surface area contributed by atoms with Crippen LogP contribution in [-0.2, 0) is 4.79 Å². The third kappa shape index (κ3) is 1.40. The molecule has 0 amide bonds. The third-order valence-corrected chi connectivity index (χ3v) is 2.00. The lowest BCUT2D eigenvalue weighted by molar-refractivity contribution is -0.104. The summed E-state index contributed by atoms with van der Waals surface area (Å²) in [4.78, 5) is 25.4. The zero-order valence-electron chi connectivity index (χ0n) is 7.31.